The molecule has 4 nitrogen and oxygen atoms in total. The van der Waals surface area contributed by atoms with Crippen molar-refractivity contribution in [2.75, 3.05) is 4.72 Å². The Morgan fingerprint density at radius 3 is 2.15 bits per heavy atom. The van der Waals surface area contributed by atoms with Gasteiger partial charge in [0.1, 0.15) is 0 Å². The van der Waals surface area contributed by atoms with Crippen LogP contribution in [0.15, 0.2) is 42.5 Å². The molecule has 0 aromatic heterocycles. The van der Waals surface area contributed by atoms with Crippen molar-refractivity contribution in [3.8, 4) is 5.75 Å². The summed E-state index contributed by atoms with van der Waals surface area (Å²) in [5.41, 5.74) is 0.258. The van der Waals surface area contributed by atoms with Gasteiger partial charge >= 0.3 is 0 Å². The van der Waals surface area contributed by atoms with Crippen LogP contribution < -0.4 is 4.72 Å². The highest BCUT2D eigenvalue weighted by Gasteiger charge is 2.15. The highest BCUT2D eigenvalue weighted by molar-refractivity contribution is 7.91. The quantitative estimate of drug-likeness (QED) is 0.853. The number of rotatable bonds is 4. The molecular weight excluding hydrogens is 288 g/mol. The molecular formula is C13H11F2NO3S. The summed E-state index contributed by atoms with van der Waals surface area (Å²) in [5, 5.41) is 8.94. The van der Waals surface area contributed by atoms with Crippen LogP contribution in [0.1, 0.15) is 5.56 Å². The number of sulfonamides is 1. The third-order valence-electron chi connectivity index (χ3n) is 2.49. The molecule has 2 aromatic carbocycles. The molecule has 20 heavy (non-hydrogen) atoms. The smallest absolute Gasteiger partial charge is 0.236 e. The number of aromatic hydroxyl groups is 1. The van der Waals surface area contributed by atoms with Crippen LogP contribution >= 0.6 is 0 Å². The van der Waals surface area contributed by atoms with E-state index in [4.69, 9.17) is 5.11 Å². The van der Waals surface area contributed by atoms with Crippen LogP contribution in [0.4, 0.5) is 14.5 Å². The van der Waals surface area contributed by atoms with E-state index < -0.39 is 27.4 Å². The first-order valence-electron chi connectivity index (χ1n) is 5.60. The lowest BCUT2D eigenvalue weighted by Crippen LogP contribution is -2.15. The van der Waals surface area contributed by atoms with Crippen LogP contribution in [-0.4, -0.2) is 13.5 Å². The van der Waals surface area contributed by atoms with Crippen LogP contribution in [0.25, 0.3) is 0 Å². The summed E-state index contributed by atoms with van der Waals surface area (Å²) in [6.45, 7) is 0. The van der Waals surface area contributed by atoms with Gasteiger partial charge in [0.2, 0.25) is 10.0 Å². The Balaban J connectivity index is 2.21. The number of hydrogen-bond acceptors (Lipinski definition) is 3. The zero-order valence-electron chi connectivity index (χ0n) is 10.2. The molecule has 0 saturated carbocycles. The van der Waals surface area contributed by atoms with Crippen LogP contribution in [0.5, 0.6) is 5.75 Å². The highest BCUT2D eigenvalue weighted by atomic mass is 32.2. The second kappa shape index (κ2) is 5.46. The van der Waals surface area contributed by atoms with Gasteiger partial charge in [-0.2, -0.15) is 0 Å². The van der Waals surface area contributed by atoms with E-state index >= 15 is 0 Å². The molecule has 0 heterocycles. The first-order chi connectivity index (χ1) is 9.37. The largest absolute Gasteiger partial charge is 0.503 e. The lowest BCUT2D eigenvalue weighted by atomic mass is 10.2. The molecule has 7 heteroatoms. The molecule has 0 aliphatic rings. The van der Waals surface area contributed by atoms with E-state index in [0.29, 0.717) is 17.7 Å². The first-order valence-corrected chi connectivity index (χ1v) is 7.25. The fourth-order valence-electron chi connectivity index (χ4n) is 1.63. The van der Waals surface area contributed by atoms with Crippen molar-refractivity contribution in [1.29, 1.82) is 0 Å². The van der Waals surface area contributed by atoms with Gasteiger partial charge in [0, 0.05) is 12.1 Å². The molecule has 0 atom stereocenters. The molecule has 0 fully saturated rings. The lowest BCUT2D eigenvalue weighted by molar-refractivity contribution is 0.396. The maximum atomic E-state index is 13.1. The molecule has 0 aliphatic heterocycles. The van der Waals surface area contributed by atoms with E-state index in [0.717, 1.165) is 0 Å². The van der Waals surface area contributed by atoms with Crippen molar-refractivity contribution in [2.24, 2.45) is 0 Å². The minimum atomic E-state index is -3.80. The third kappa shape index (κ3) is 3.45. The summed E-state index contributed by atoms with van der Waals surface area (Å²) in [6, 6.07) is 9.78. The summed E-state index contributed by atoms with van der Waals surface area (Å²) in [6.07, 6.45) is 0. The molecule has 0 amide bonds. The number of anilines is 1. The summed E-state index contributed by atoms with van der Waals surface area (Å²) in [7, 11) is -3.80. The summed E-state index contributed by atoms with van der Waals surface area (Å²) >= 11 is 0. The minimum Gasteiger partial charge on any atom is -0.503 e. The molecule has 0 radical (unpaired) electrons. The molecule has 2 N–H and O–H groups in total. The molecule has 2 rings (SSSR count). The second-order valence-electron chi connectivity index (χ2n) is 4.14. The fraction of sp³-hybridized carbons (Fsp3) is 0.0769. The Hall–Kier alpha value is -2.15. The molecule has 0 spiro atoms. The average Bonchev–Trinajstić information content (AvgIpc) is 2.36. The van der Waals surface area contributed by atoms with Gasteiger partial charge in [-0.25, -0.2) is 17.2 Å². The average molecular weight is 299 g/mol. The van der Waals surface area contributed by atoms with Crippen LogP contribution in [-0.2, 0) is 15.8 Å². The Morgan fingerprint density at radius 1 is 1.05 bits per heavy atom. The Kier molecular flexibility index (Phi) is 3.89. The number of phenolic OH excluding ortho intramolecular Hbond substituents is 1. The van der Waals surface area contributed by atoms with E-state index in [9.17, 15) is 17.2 Å². The van der Waals surface area contributed by atoms with Gasteiger partial charge in [0.25, 0.3) is 0 Å². The number of hydrogen-bond donors (Lipinski definition) is 2. The minimum absolute atomic E-state index is 0.284. The van der Waals surface area contributed by atoms with Crippen molar-refractivity contribution in [3.05, 3.63) is 59.7 Å². The molecule has 0 unspecified atom stereocenters. The summed E-state index contributed by atoms with van der Waals surface area (Å²) < 4.78 is 52.0. The summed E-state index contributed by atoms with van der Waals surface area (Å²) in [4.78, 5) is 0. The number of nitrogens with one attached hydrogen (secondary N) is 1. The second-order valence-corrected chi connectivity index (χ2v) is 5.86. The maximum absolute atomic E-state index is 13.1. The molecule has 106 valence electrons. The van der Waals surface area contributed by atoms with Crippen LogP contribution in [0.2, 0.25) is 0 Å². The topological polar surface area (TPSA) is 66.4 Å². The predicted octanol–water partition coefficient (Wildman–Crippen LogP) is 2.61. The fourth-order valence-corrected chi connectivity index (χ4v) is 2.81. The van der Waals surface area contributed by atoms with Gasteiger partial charge < -0.3 is 5.11 Å². The third-order valence-corrected chi connectivity index (χ3v) is 3.75. The number of phenols is 1. The molecule has 0 saturated heterocycles. The van der Waals surface area contributed by atoms with Gasteiger partial charge in [-0.1, -0.05) is 30.3 Å². The summed E-state index contributed by atoms with van der Waals surface area (Å²) in [5.74, 6) is -3.93. The van der Waals surface area contributed by atoms with Gasteiger partial charge in [-0.05, 0) is 5.56 Å². The SMILES string of the molecule is O=S(=O)(Cc1ccccc1)Nc1cc(F)c(O)c(F)c1. The highest BCUT2D eigenvalue weighted by Crippen LogP contribution is 2.25. The predicted molar refractivity (Wildman–Crippen MR) is 70.7 cm³/mol. The van der Waals surface area contributed by atoms with E-state index in [2.05, 4.69) is 4.72 Å². The van der Waals surface area contributed by atoms with Crippen molar-refractivity contribution in [3.63, 3.8) is 0 Å². The number of benzene rings is 2. The van der Waals surface area contributed by atoms with Crippen molar-refractivity contribution in [1.82, 2.24) is 0 Å². The Bertz CT molecular complexity index is 695. The molecule has 0 aliphatic carbocycles. The molecule has 2 aromatic rings. The van der Waals surface area contributed by atoms with E-state index in [1.807, 2.05) is 0 Å². The van der Waals surface area contributed by atoms with Gasteiger partial charge in [0.15, 0.2) is 17.4 Å². The van der Waals surface area contributed by atoms with Crippen LogP contribution in [0.3, 0.4) is 0 Å². The standard InChI is InChI=1S/C13H11F2NO3S/c14-11-6-10(7-12(15)13(11)17)16-20(18,19)8-9-4-2-1-3-5-9/h1-7,16-17H,8H2. The van der Waals surface area contributed by atoms with Crippen molar-refractivity contribution < 1.29 is 22.3 Å². The maximum Gasteiger partial charge on any atom is 0.236 e. The Morgan fingerprint density at radius 2 is 1.60 bits per heavy atom. The normalized spacial score (nSPS) is 11.3. The van der Waals surface area contributed by atoms with Crippen molar-refractivity contribution in [2.45, 2.75) is 5.75 Å². The first kappa shape index (κ1) is 14.3. The van der Waals surface area contributed by atoms with Gasteiger partial charge in [0.05, 0.1) is 11.4 Å². The zero-order chi connectivity index (χ0) is 14.8. The van der Waals surface area contributed by atoms with E-state index in [-0.39, 0.29) is 11.4 Å². The number of halogens is 2. The molecule has 0 bridgehead atoms. The van der Waals surface area contributed by atoms with Crippen LogP contribution in [0, 0.1) is 11.6 Å². The van der Waals surface area contributed by atoms with E-state index in [1.54, 1.807) is 30.3 Å². The van der Waals surface area contributed by atoms with Crippen molar-refractivity contribution >= 4 is 15.7 Å². The Labute approximate surface area is 114 Å². The lowest BCUT2D eigenvalue weighted by Gasteiger charge is -2.09. The zero-order valence-corrected chi connectivity index (χ0v) is 11.0. The van der Waals surface area contributed by atoms with Gasteiger partial charge in [-0.15, -0.1) is 0 Å². The van der Waals surface area contributed by atoms with E-state index in [1.165, 1.54) is 0 Å². The monoisotopic (exact) mass is 299 g/mol. The van der Waals surface area contributed by atoms with Gasteiger partial charge in [-0.3, -0.25) is 4.72 Å².